The van der Waals surface area contributed by atoms with Crippen LogP contribution in [0.25, 0.3) is 5.65 Å². The molecule has 2 aromatic rings. The summed E-state index contributed by atoms with van der Waals surface area (Å²) in [5.41, 5.74) is 0.416. The van der Waals surface area contributed by atoms with Crippen molar-refractivity contribution in [2.75, 3.05) is 0 Å². The maximum atomic E-state index is 11.3. The zero-order valence-electron chi connectivity index (χ0n) is 6.36. The van der Waals surface area contributed by atoms with E-state index in [0.717, 1.165) is 0 Å². The average molecular weight is 184 g/mol. The molecule has 0 unspecified atom stereocenters. The van der Waals surface area contributed by atoms with Crippen LogP contribution >= 0.6 is 11.6 Å². The third-order valence-corrected chi connectivity index (χ3v) is 1.85. The summed E-state index contributed by atoms with van der Waals surface area (Å²) < 4.78 is 2.67. The van der Waals surface area contributed by atoms with Crippen molar-refractivity contribution in [3.8, 4) is 0 Å². The van der Waals surface area contributed by atoms with E-state index >= 15 is 0 Å². The second kappa shape index (κ2) is 2.35. The molecule has 0 aliphatic heterocycles. The topological polar surface area (TPSA) is 39.3 Å². The molecule has 2 rings (SSSR count). The molecule has 0 amide bonds. The smallest absolute Gasteiger partial charge is 0.249 e. The quantitative estimate of drug-likeness (QED) is 0.603. The molecule has 0 saturated carbocycles. The summed E-state index contributed by atoms with van der Waals surface area (Å²) >= 11 is 5.70. The largest absolute Gasteiger partial charge is 0.350 e. The molecule has 0 radical (unpaired) electrons. The van der Waals surface area contributed by atoms with Gasteiger partial charge in [-0.2, -0.15) is 5.10 Å². The van der Waals surface area contributed by atoms with E-state index in [1.807, 2.05) is 0 Å². The van der Waals surface area contributed by atoms with Gasteiger partial charge in [-0.15, -0.1) is 0 Å². The first-order valence-corrected chi connectivity index (χ1v) is 3.77. The third kappa shape index (κ3) is 0.921. The van der Waals surface area contributed by atoms with Crippen LogP contribution in [0.4, 0.5) is 0 Å². The molecule has 0 N–H and O–H groups in total. The number of aromatic nitrogens is 3. The first-order valence-electron chi connectivity index (χ1n) is 3.39. The average Bonchev–Trinajstić information content (AvgIpc) is 2.31. The highest BCUT2D eigenvalue weighted by Crippen LogP contribution is 2.06. The van der Waals surface area contributed by atoms with Crippen LogP contribution in [0.15, 0.2) is 23.1 Å². The van der Waals surface area contributed by atoms with Gasteiger partial charge in [-0.05, 0) is 12.1 Å². The minimum Gasteiger partial charge on any atom is -0.249 e. The van der Waals surface area contributed by atoms with E-state index in [-0.39, 0.29) is 5.69 Å². The summed E-state index contributed by atoms with van der Waals surface area (Å²) in [5.74, 6) is 0. The fourth-order valence-electron chi connectivity index (χ4n) is 1.05. The van der Waals surface area contributed by atoms with Gasteiger partial charge in [0.1, 0.15) is 0 Å². The molecule has 2 aromatic heterocycles. The molecule has 4 nitrogen and oxygen atoms in total. The van der Waals surface area contributed by atoms with Gasteiger partial charge in [-0.3, -0.25) is 0 Å². The maximum Gasteiger partial charge on any atom is 0.350 e. The molecule has 0 aromatic carbocycles. The summed E-state index contributed by atoms with van der Waals surface area (Å²) in [6.07, 6.45) is 1.55. The zero-order chi connectivity index (χ0) is 8.72. The van der Waals surface area contributed by atoms with E-state index in [4.69, 9.17) is 11.6 Å². The molecular formula is C7H6ClN3O. The molecule has 0 aliphatic carbocycles. The van der Waals surface area contributed by atoms with Crippen molar-refractivity contribution in [1.29, 1.82) is 0 Å². The number of pyridine rings is 1. The Balaban J connectivity index is 2.98. The lowest BCUT2D eigenvalue weighted by atomic mass is 10.5. The molecule has 5 heteroatoms. The zero-order valence-corrected chi connectivity index (χ0v) is 7.12. The van der Waals surface area contributed by atoms with Crippen LogP contribution in [0.5, 0.6) is 0 Å². The summed E-state index contributed by atoms with van der Waals surface area (Å²) in [7, 11) is 1.60. The fourth-order valence-corrected chi connectivity index (χ4v) is 1.21. The number of nitrogens with zero attached hydrogens (tertiary/aromatic N) is 3. The summed E-state index contributed by atoms with van der Waals surface area (Å²) in [5, 5.41) is 4.49. The van der Waals surface area contributed by atoms with Crippen molar-refractivity contribution in [3.05, 3.63) is 33.8 Å². The lowest BCUT2D eigenvalue weighted by Crippen LogP contribution is -2.17. The summed E-state index contributed by atoms with van der Waals surface area (Å²) in [6.45, 7) is 0. The maximum absolute atomic E-state index is 11.3. The van der Waals surface area contributed by atoms with Gasteiger partial charge in [0.15, 0.2) is 5.65 Å². The van der Waals surface area contributed by atoms with Crippen molar-refractivity contribution in [3.63, 3.8) is 0 Å². The van der Waals surface area contributed by atoms with E-state index in [0.29, 0.717) is 10.7 Å². The first-order chi connectivity index (χ1) is 5.68. The molecule has 2 heterocycles. The van der Waals surface area contributed by atoms with Crippen LogP contribution in [0.2, 0.25) is 5.02 Å². The highest BCUT2D eigenvalue weighted by Gasteiger charge is 2.01. The van der Waals surface area contributed by atoms with Gasteiger partial charge in [0, 0.05) is 13.2 Å². The van der Waals surface area contributed by atoms with Crippen molar-refractivity contribution in [2.45, 2.75) is 0 Å². The van der Waals surface area contributed by atoms with Gasteiger partial charge < -0.3 is 0 Å². The molecule has 0 saturated heterocycles. The van der Waals surface area contributed by atoms with E-state index in [1.165, 1.54) is 9.08 Å². The Hall–Kier alpha value is -1.29. The normalized spacial score (nSPS) is 10.8. The van der Waals surface area contributed by atoms with Crippen LogP contribution in [0.1, 0.15) is 0 Å². The van der Waals surface area contributed by atoms with Gasteiger partial charge in [-0.25, -0.2) is 13.9 Å². The molecule has 62 valence electrons. The molecule has 0 bridgehead atoms. The van der Waals surface area contributed by atoms with Crippen molar-refractivity contribution in [2.24, 2.45) is 7.05 Å². The number of fused-ring (bicyclic) bond motifs is 1. The fraction of sp³-hybridized carbons (Fsp3) is 0.143. The Morgan fingerprint density at radius 2 is 2.25 bits per heavy atom. The minimum atomic E-state index is -0.187. The van der Waals surface area contributed by atoms with Crippen LogP contribution in [-0.4, -0.2) is 14.2 Å². The molecule has 0 fully saturated rings. The minimum absolute atomic E-state index is 0.187. The summed E-state index contributed by atoms with van der Waals surface area (Å²) in [4.78, 5) is 11.3. The SMILES string of the molecule is Cn1nc2ccc(Cl)cn2c1=O. The second-order valence-electron chi connectivity index (χ2n) is 2.48. The van der Waals surface area contributed by atoms with Crippen LogP contribution in [0.3, 0.4) is 0 Å². The van der Waals surface area contributed by atoms with Crippen LogP contribution in [-0.2, 0) is 7.05 Å². The van der Waals surface area contributed by atoms with E-state index < -0.39 is 0 Å². The van der Waals surface area contributed by atoms with Gasteiger partial charge in [0.2, 0.25) is 0 Å². The number of halogens is 1. The number of hydrogen-bond acceptors (Lipinski definition) is 2. The second-order valence-corrected chi connectivity index (χ2v) is 2.92. The van der Waals surface area contributed by atoms with Gasteiger partial charge in [0.25, 0.3) is 0 Å². The van der Waals surface area contributed by atoms with Crippen molar-refractivity contribution >= 4 is 17.2 Å². The van der Waals surface area contributed by atoms with E-state index in [1.54, 1.807) is 25.4 Å². The van der Waals surface area contributed by atoms with E-state index in [2.05, 4.69) is 5.10 Å². The van der Waals surface area contributed by atoms with Gasteiger partial charge in [-0.1, -0.05) is 11.6 Å². The Labute approximate surface area is 73.0 Å². The highest BCUT2D eigenvalue weighted by molar-refractivity contribution is 6.30. The summed E-state index contributed by atoms with van der Waals surface area (Å²) in [6, 6.07) is 3.40. The van der Waals surface area contributed by atoms with Crippen LogP contribution < -0.4 is 5.69 Å². The van der Waals surface area contributed by atoms with Crippen molar-refractivity contribution in [1.82, 2.24) is 14.2 Å². The molecule has 12 heavy (non-hydrogen) atoms. The standard InChI is InChI=1S/C7H6ClN3O/c1-10-7(12)11-4-5(8)2-3-6(11)9-10/h2-4H,1H3. The highest BCUT2D eigenvalue weighted by atomic mass is 35.5. The predicted octanol–water partition coefficient (Wildman–Crippen LogP) is 0.686. The molecule has 0 atom stereocenters. The third-order valence-electron chi connectivity index (χ3n) is 1.63. The molecule has 0 spiro atoms. The Kier molecular flexibility index (Phi) is 1.44. The van der Waals surface area contributed by atoms with E-state index in [9.17, 15) is 4.79 Å². The number of rotatable bonds is 0. The monoisotopic (exact) mass is 183 g/mol. The van der Waals surface area contributed by atoms with Gasteiger partial charge >= 0.3 is 5.69 Å². The molecule has 0 aliphatic rings. The van der Waals surface area contributed by atoms with Crippen molar-refractivity contribution < 1.29 is 0 Å². The van der Waals surface area contributed by atoms with Gasteiger partial charge in [0.05, 0.1) is 5.02 Å². The lowest BCUT2D eigenvalue weighted by Gasteiger charge is -1.89. The number of aryl methyl sites for hydroxylation is 1. The molecular weight excluding hydrogens is 178 g/mol. The predicted molar refractivity (Wildman–Crippen MR) is 45.4 cm³/mol. The lowest BCUT2D eigenvalue weighted by molar-refractivity contribution is 0.733. The number of hydrogen-bond donors (Lipinski definition) is 0. The Morgan fingerprint density at radius 3 is 3.00 bits per heavy atom. The first kappa shape index (κ1) is 7.36. The Morgan fingerprint density at radius 1 is 1.50 bits per heavy atom. The van der Waals surface area contributed by atoms with Crippen LogP contribution in [0, 0.1) is 0 Å². The Bertz CT molecular complexity index is 485.